The van der Waals surface area contributed by atoms with E-state index in [2.05, 4.69) is 23.6 Å². The Morgan fingerprint density at radius 1 is 1.47 bits per heavy atom. The van der Waals surface area contributed by atoms with Gasteiger partial charge in [-0.2, -0.15) is 0 Å². The second kappa shape index (κ2) is 6.78. The van der Waals surface area contributed by atoms with E-state index in [4.69, 9.17) is 11.6 Å². The van der Waals surface area contributed by atoms with E-state index in [-0.39, 0.29) is 5.91 Å². The summed E-state index contributed by atoms with van der Waals surface area (Å²) >= 11 is 6.34. The third kappa shape index (κ3) is 3.85. The smallest absolute Gasteiger partial charge is 0.239 e. The maximum absolute atomic E-state index is 11.6. The molecule has 1 aliphatic rings. The lowest BCUT2D eigenvalue weighted by Gasteiger charge is -2.23. The van der Waals surface area contributed by atoms with Gasteiger partial charge in [0.2, 0.25) is 5.91 Å². The maximum Gasteiger partial charge on any atom is 0.239 e. The summed E-state index contributed by atoms with van der Waals surface area (Å²) < 4.78 is 0. The van der Waals surface area contributed by atoms with Crippen molar-refractivity contribution in [1.29, 1.82) is 0 Å². The number of nitrogens with zero attached hydrogens (tertiary/aromatic N) is 1. The number of carbonyl (C=O) groups is 1. The molecule has 1 heterocycles. The van der Waals surface area contributed by atoms with Crippen LogP contribution in [0.4, 0.5) is 5.69 Å². The van der Waals surface area contributed by atoms with E-state index in [1.807, 2.05) is 17.0 Å². The standard InChI is InChI=1S/C14H20ClN3O/c1-2-16-9-11-4-5-13(12(15)8-11)18-7-3-6-17-14(19)10-18/h4-5,8,16H,2-3,6-7,9-10H2,1H3,(H,17,19). The number of amides is 1. The molecule has 104 valence electrons. The van der Waals surface area contributed by atoms with E-state index in [0.717, 1.165) is 43.9 Å². The average Bonchev–Trinajstić information content (AvgIpc) is 2.61. The summed E-state index contributed by atoms with van der Waals surface area (Å²) in [7, 11) is 0. The number of hydrogen-bond donors (Lipinski definition) is 2. The molecule has 4 nitrogen and oxygen atoms in total. The SMILES string of the molecule is CCNCc1ccc(N2CCCNC(=O)C2)c(Cl)c1. The molecular weight excluding hydrogens is 262 g/mol. The fourth-order valence-corrected chi connectivity index (χ4v) is 2.52. The first kappa shape index (κ1) is 14.2. The highest BCUT2D eigenvalue weighted by Crippen LogP contribution is 2.27. The molecule has 0 unspecified atom stereocenters. The van der Waals surface area contributed by atoms with Gasteiger partial charge in [0, 0.05) is 19.6 Å². The molecule has 5 heteroatoms. The first-order valence-corrected chi connectivity index (χ1v) is 7.09. The summed E-state index contributed by atoms with van der Waals surface area (Å²) in [5, 5.41) is 6.85. The highest BCUT2D eigenvalue weighted by atomic mass is 35.5. The lowest BCUT2D eigenvalue weighted by Crippen LogP contribution is -2.33. The zero-order valence-electron chi connectivity index (χ0n) is 11.2. The molecule has 2 N–H and O–H groups in total. The Hall–Kier alpha value is -1.26. The Bertz CT molecular complexity index is 450. The molecule has 2 rings (SSSR count). The zero-order chi connectivity index (χ0) is 13.7. The second-order valence-corrected chi connectivity index (χ2v) is 5.10. The average molecular weight is 282 g/mol. The molecule has 0 aliphatic carbocycles. The van der Waals surface area contributed by atoms with Crippen molar-refractivity contribution in [2.75, 3.05) is 31.1 Å². The Morgan fingerprint density at radius 2 is 2.32 bits per heavy atom. The van der Waals surface area contributed by atoms with Crippen LogP contribution in [0.3, 0.4) is 0 Å². The lowest BCUT2D eigenvalue weighted by molar-refractivity contribution is -0.119. The molecule has 0 bridgehead atoms. The van der Waals surface area contributed by atoms with E-state index in [1.54, 1.807) is 0 Å². The number of nitrogens with one attached hydrogen (secondary N) is 2. The predicted octanol–water partition coefficient (Wildman–Crippen LogP) is 1.78. The van der Waals surface area contributed by atoms with Gasteiger partial charge in [-0.25, -0.2) is 0 Å². The molecule has 0 radical (unpaired) electrons. The van der Waals surface area contributed by atoms with Crippen molar-refractivity contribution in [3.8, 4) is 0 Å². The normalized spacial score (nSPS) is 16.1. The van der Waals surface area contributed by atoms with Crippen LogP contribution in [0.25, 0.3) is 0 Å². The minimum absolute atomic E-state index is 0.0605. The summed E-state index contributed by atoms with van der Waals surface area (Å²) in [5.74, 6) is 0.0605. The third-order valence-corrected chi connectivity index (χ3v) is 3.50. The Balaban J connectivity index is 2.12. The molecule has 1 aromatic rings. The summed E-state index contributed by atoms with van der Waals surface area (Å²) in [4.78, 5) is 13.6. The fraction of sp³-hybridized carbons (Fsp3) is 0.500. The van der Waals surface area contributed by atoms with Gasteiger partial charge in [0.05, 0.1) is 17.3 Å². The van der Waals surface area contributed by atoms with Crippen LogP contribution in [0.2, 0.25) is 5.02 Å². The van der Waals surface area contributed by atoms with Crippen molar-refractivity contribution in [3.05, 3.63) is 28.8 Å². The Labute approximate surface area is 119 Å². The van der Waals surface area contributed by atoms with E-state index in [0.29, 0.717) is 11.6 Å². The van der Waals surface area contributed by atoms with Gasteiger partial charge in [-0.1, -0.05) is 24.6 Å². The predicted molar refractivity (Wildman–Crippen MR) is 78.7 cm³/mol. The minimum Gasteiger partial charge on any atom is -0.361 e. The van der Waals surface area contributed by atoms with Crippen molar-refractivity contribution >= 4 is 23.2 Å². The fourth-order valence-electron chi connectivity index (χ4n) is 2.20. The van der Waals surface area contributed by atoms with Crippen LogP contribution < -0.4 is 15.5 Å². The lowest BCUT2D eigenvalue weighted by atomic mass is 10.2. The summed E-state index contributed by atoms with van der Waals surface area (Å²) in [6, 6.07) is 6.04. The van der Waals surface area contributed by atoms with Gasteiger partial charge < -0.3 is 15.5 Å². The number of carbonyl (C=O) groups excluding carboxylic acids is 1. The maximum atomic E-state index is 11.6. The van der Waals surface area contributed by atoms with Gasteiger partial charge in [0.1, 0.15) is 0 Å². The van der Waals surface area contributed by atoms with Crippen LogP contribution in [0.5, 0.6) is 0 Å². The second-order valence-electron chi connectivity index (χ2n) is 4.69. The molecule has 0 spiro atoms. The number of hydrogen-bond acceptors (Lipinski definition) is 3. The summed E-state index contributed by atoms with van der Waals surface area (Å²) in [6.45, 7) is 5.80. The van der Waals surface area contributed by atoms with Gasteiger partial charge in [-0.15, -0.1) is 0 Å². The van der Waals surface area contributed by atoms with Crippen LogP contribution >= 0.6 is 11.6 Å². The molecule has 1 amide bonds. The largest absolute Gasteiger partial charge is 0.361 e. The van der Waals surface area contributed by atoms with Crippen LogP contribution in [-0.4, -0.2) is 32.1 Å². The van der Waals surface area contributed by atoms with Crippen molar-refractivity contribution in [1.82, 2.24) is 10.6 Å². The van der Waals surface area contributed by atoms with Crippen LogP contribution in [0.1, 0.15) is 18.9 Å². The highest BCUT2D eigenvalue weighted by Gasteiger charge is 2.17. The van der Waals surface area contributed by atoms with Crippen molar-refractivity contribution in [3.63, 3.8) is 0 Å². The topological polar surface area (TPSA) is 44.4 Å². The van der Waals surface area contributed by atoms with E-state index in [9.17, 15) is 4.79 Å². The molecule has 0 saturated carbocycles. The van der Waals surface area contributed by atoms with E-state index < -0.39 is 0 Å². The van der Waals surface area contributed by atoms with Crippen LogP contribution in [0, 0.1) is 0 Å². The van der Waals surface area contributed by atoms with Gasteiger partial charge in [-0.3, -0.25) is 4.79 Å². The number of benzene rings is 1. The van der Waals surface area contributed by atoms with Gasteiger partial charge >= 0.3 is 0 Å². The van der Waals surface area contributed by atoms with E-state index >= 15 is 0 Å². The van der Waals surface area contributed by atoms with Crippen molar-refractivity contribution < 1.29 is 4.79 Å². The third-order valence-electron chi connectivity index (χ3n) is 3.19. The van der Waals surface area contributed by atoms with Gasteiger partial charge in [0.15, 0.2) is 0 Å². The zero-order valence-corrected chi connectivity index (χ0v) is 12.0. The minimum atomic E-state index is 0.0605. The van der Waals surface area contributed by atoms with Gasteiger partial charge in [-0.05, 0) is 30.7 Å². The van der Waals surface area contributed by atoms with Crippen LogP contribution in [0.15, 0.2) is 18.2 Å². The summed E-state index contributed by atoms with van der Waals surface area (Å²) in [5.41, 5.74) is 2.11. The molecular formula is C14H20ClN3O. The monoisotopic (exact) mass is 281 g/mol. The van der Waals surface area contributed by atoms with E-state index in [1.165, 1.54) is 0 Å². The van der Waals surface area contributed by atoms with Gasteiger partial charge in [0.25, 0.3) is 0 Å². The quantitative estimate of drug-likeness (QED) is 0.884. The Kier molecular flexibility index (Phi) is 5.05. The molecule has 1 aromatic carbocycles. The van der Waals surface area contributed by atoms with Crippen molar-refractivity contribution in [2.24, 2.45) is 0 Å². The number of rotatable bonds is 4. The summed E-state index contributed by atoms with van der Waals surface area (Å²) in [6.07, 6.45) is 0.946. The molecule has 19 heavy (non-hydrogen) atoms. The molecule has 1 fully saturated rings. The molecule has 1 aliphatic heterocycles. The molecule has 1 saturated heterocycles. The van der Waals surface area contributed by atoms with Crippen molar-refractivity contribution in [2.45, 2.75) is 19.9 Å². The Morgan fingerprint density at radius 3 is 3.05 bits per heavy atom. The highest BCUT2D eigenvalue weighted by molar-refractivity contribution is 6.33. The molecule has 0 aromatic heterocycles. The number of halogens is 1. The number of anilines is 1. The first-order chi connectivity index (χ1) is 9.20. The van der Waals surface area contributed by atoms with Crippen LogP contribution in [-0.2, 0) is 11.3 Å². The first-order valence-electron chi connectivity index (χ1n) is 6.71. The molecule has 0 atom stereocenters.